The minimum Gasteiger partial charge on any atom is -0.460 e. The number of benzene rings is 1. The normalized spacial score (nSPS) is 15.5. The third-order valence-corrected chi connectivity index (χ3v) is 4.08. The highest BCUT2D eigenvalue weighted by Crippen LogP contribution is 2.21. The molecule has 108 valence electrons. The maximum Gasteiger partial charge on any atom is 0.149 e. The van der Waals surface area contributed by atoms with Crippen LogP contribution in [0.1, 0.15) is 36.8 Å². The molecule has 5 heteroatoms. The number of para-hydroxylation sites is 1. The second-order valence-corrected chi connectivity index (χ2v) is 5.58. The van der Waals surface area contributed by atoms with Crippen molar-refractivity contribution in [1.29, 1.82) is 0 Å². The van der Waals surface area contributed by atoms with Crippen LogP contribution in [-0.2, 0) is 19.5 Å². The topological polar surface area (TPSA) is 55.9 Å². The minimum absolute atomic E-state index is 0.164. The van der Waals surface area contributed by atoms with Crippen molar-refractivity contribution in [3.05, 3.63) is 47.7 Å². The van der Waals surface area contributed by atoms with E-state index in [2.05, 4.69) is 39.1 Å². The van der Waals surface area contributed by atoms with Gasteiger partial charge in [-0.2, -0.15) is 0 Å². The molecule has 0 fully saturated rings. The zero-order chi connectivity index (χ0) is 14.2. The van der Waals surface area contributed by atoms with Gasteiger partial charge in [-0.25, -0.2) is 0 Å². The molecule has 1 aromatic carbocycles. The molecule has 1 aliphatic rings. The van der Waals surface area contributed by atoms with E-state index in [1.165, 1.54) is 6.42 Å². The zero-order valence-corrected chi connectivity index (χ0v) is 12.0. The maximum atomic E-state index is 5.82. The monoisotopic (exact) mass is 282 g/mol. The Hall–Kier alpha value is -2.14. The summed E-state index contributed by atoms with van der Waals surface area (Å²) in [7, 11) is 0. The van der Waals surface area contributed by atoms with E-state index < -0.39 is 0 Å². The Morgan fingerprint density at radius 3 is 3.14 bits per heavy atom. The Morgan fingerprint density at radius 2 is 2.24 bits per heavy atom. The largest absolute Gasteiger partial charge is 0.460 e. The average molecular weight is 282 g/mol. The first kappa shape index (κ1) is 12.6. The molecular weight excluding hydrogens is 264 g/mol. The van der Waals surface area contributed by atoms with Gasteiger partial charge in [0, 0.05) is 18.4 Å². The minimum atomic E-state index is 0.164. The summed E-state index contributed by atoms with van der Waals surface area (Å²) < 4.78 is 8.06. The lowest BCUT2D eigenvalue weighted by atomic mass is 10.2. The number of aryl methyl sites for hydroxylation is 1. The van der Waals surface area contributed by atoms with Gasteiger partial charge in [-0.1, -0.05) is 18.2 Å². The van der Waals surface area contributed by atoms with E-state index in [-0.39, 0.29) is 6.04 Å². The van der Waals surface area contributed by atoms with Gasteiger partial charge in [0.2, 0.25) is 0 Å². The average Bonchev–Trinajstić information content (AvgIpc) is 3.18. The number of furan rings is 1. The summed E-state index contributed by atoms with van der Waals surface area (Å²) in [6, 6.07) is 10.3. The fraction of sp³-hybridized carbons (Fsp3) is 0.375. The van der Waals surface area contributed by atoms with E-state index in [1.54, 1.807) is 0 Å². The molecule has 21 heavy (non-hydrogen) atoms. The third kappa shape index (κ3) is 2.23. The van der Waals surface area contributed by atoms with E-state index in [0.717, 1.165) is 41.3 Å². The Balaban J connectivity index is 1.48. The van der Waals surface area contributed by atoms with E-state index in [0.29, 0.717) is 6.54 Å². The smallest absolute Gasteiger partial charge is 0.149 e. The second-order valence-electron chi connectivity index (χ2n) is 5.58. The van der Waals surface area contributed by atoms with E-state index in [4.69, 9.17) is 4.42 Å². The van der Waals surface area contributed by atoms with Gasteiger partial charge >= 0.3 is 0 Å². The Kier molecular flexibility index (Phi) is 3.00. The Bertz CT molecular complexity index is 741. The van der Waals surface area contributed by atoms with Gasteiger partial charge in [-0.15, -0.1) is 10.2 Å². The Morgan fingerprint density at radius 1 is 1.33 bits per heavy atom. The highest BCUT2D eigenvalue weighted by molar-refractivity contribution is 5.77. The van der Waals surface area contributed by atoms with Crippen molar-refractivity contribution < 1.29 is 4.42 Å². The SMILES string of the molecule is CC(NCc1cc2ccccc2o1)c1nnc2n1CCC2. The summed E-state index contributed by atoms with van der Waals surface area (Å²) in [6.07, 6.45) is 2.22. The summed E-state index contributed by atoms with van der Waals surface area (Å²) in [6.45, 7) is 3.85. The van der Waals surface area contributed by atoms with Crippen LogP contribution in [0.4, 0.5) is 0 Å². The number of aromatic nitrogens is 3. The van der Waals surface area contributed by atoms with Gasteiger partial charge in [0.25, 0.3) is 0 Å². The third-order valence-electron chi connectivity index (χ3n) is 4.08. The van der Waals surface area contributed by atoms with Gasteiger partial charge in [0.15, 0.2) is 0 Å². The molecule has 5 nitrogen and oxygen atoms in total. The molecule has 0 radical (unpaired) electrons. The van der Waals surface area contributed by atoms with E-state index in [9.17, 15) is 0 Å². The first-order valence-electron chi connectivity index (χ1n) is 7.44. The molecule has 1 unspecified atom stereocenters. The van der Waals surface area contributed by atoms with Crippen LogP contribution in [-0.4, -0.2) is 14.8 Å². The predicted octanol–water partition coefficient (Wildman–Crippen LogP) is 2.82. The lowest BCUT2D eigenvalue weighted by Crippen LogP contribution is -2.21. The van der Waals surface area contributed by atoms with E-state index >= 15 is 0 Å². The van der Waals surface area contributed by atoms with Crippen LogP contribution in [0.3, 0.4) is 0 Å². The van der Waals surface area contributed by atoms with Gasteiger partial charge < -0.3 is 14.3 Å². The standard InChI is InChI=1S/C16H18N4O/c1-11(16-19-18-15-7-4-8-20(15)16)17-10-13-9-12-5-2-3-6-14(12)21-13/h2-3,5-6,9,11,17H,4,7-8,10H2,1H3. The summed E-state index contributed by atoms with van der Waals surface area (Å²) in [5.41, 5.74) is 0.935. The van der Waals surface area contributed by atoms with Crippen LogP contribution in [0, 0.1) is 0 Å². The molecule has 0 saturated heterocycles. The van der Waals surface area contributed by atoms with Gasteiger partial charge in [0.1, 0.15) is 23.0 Å². The van der Waals surface area contributed by atoms with Crippen LogP contribution in [0.15, 0.2) is 34.7 Å². The first-order valence-corrected chi connectivity index (χ1v) is 7.44. The number of nitrogens with one attached hydrogen (secondary N) is 1. The molecule has 0 aliphatic carbocycles. The summed E-state index contributed by atoms with van der Waals surface area (Å²) in [5.74, 6) is 3.09. The number of fused-ring (bicyclic) bond motifs is 2. The van der Waals surface area contributed by atoms with Crippen molar-refractivity contribution in [1.82, 2.24) is 20.1 Å². The van der Waals surface area contributed by atoms with Crippen molar-refractivity contribution in [2.24, 2.45) is 0 Å². The maximum absolute atomic E-state index is 5.82. The van der Waals surface area contributed by atoms with Crippen LogP contribution >= 0.6 is 0 Å². The highest BCUT2D eigenvalue weighted by Gasteiger charge is 2.21. The molecule has 3 aromatic rings. The van der Waals surface area contributed by atoms with E-state index in [1.807, 2.05) is 18.2 Å². The molecule has 1 atom stereocenters. The van der Waals surface area contributed by atoms with Gasteiger partial charge in [-0.3, -0.25) is 0 Å². The van der Waals surface area contributed by atoms with Crippen molar-refractivity contribution in [2.75, 3.05) is 0 Å². The summed E-state index contributed by atoms with van der Waals surface area (Å²) in [5, 5.41) is 13.2. The summed E-state index contributed by atoms with van der Waals surface area (Å²) in [4.78, 5) is 0. The lowest BCUT2D eigenvalue weighted by molar-refractivity contribution is 0.461. The molecule has 0 amide bonds. The Labute approximate surface area is 123 Å². The molecular formula is C16H18N4O. The fourth-order valence-electron chi connectivity index (χ4n) is 2.96. The van der Waals surface area contributed by atoms with Crippen molar-refractivity contribution in [3.8, 4) is 0 Å². The summed E-state index contributed by atoms with van der Waals surface area (Å²) >= 11 is 0. The predicted molar refractivity (Wildman–Crippen MR) is 79.8 cm³/mol. The van der Waals surface area contributed by atoms with Gasteiger partial charge in [0.05, 0.1) is 12.6 Å². The van der Waals surface area contributed by atoms with Crippen LogP contribution in [0.5, 0.6) is 0 Å². The van der Waals surface area contributed by atoms with Crippen molar-refractivity contribution in [2.45, 2.75) is 38.9 Å². The second kappa shape index (κ2) is 5.00. The number of hydrogen-bond acceptors (Lipinski definition) is 4. The number of rotatable bonds is 4. The highest BCUT2D eigenvalue weighted by atomic mass is 16.3. The van der Waals surface area contributed by atoms with Crippen LogP contribution < -0.4 is 5.32 Å². The number of hydrogen-bond donors (Lipinski definition) is 1. The molecule has 1 aliphatic heterocycles. The van der Waals surface area contributed by atoms with Gasteiger partial charge in [-0.05, 0) is 25.5 Å². The van der Waals surface area contributed by atoms with Crippen molar-refractivity contribution in [3.63, 3.8) is 0 Å². The van der Waals surface area contributed by atoms with Crippen LogP contribution in [0.25, 0.3) is 11.0 Å². The van der Waals surface area contributed by atoms with Crippen molar-refractivity contribution >= 4 is 11.0 Å². The molecule has 0 saturated carbocycles. The fourth-order valence-corrected chi connectivity index (χ4v) is 2.96. The molecule has 3 heterocycles. The zero-order valence-electron chi connectivity index (χ0n) is 12.0. The number of nitrogens with zero attached hydrogens (tertiary/aromatic N) is 3. The molecule has 0 spiro atoms. The molecule has 2 aromatic heterocycles. The molecule has 4 rings (SSSR count). The van der Waals surface area contributed by atoms with Crippen LogP contribution in [0.2, 0.25) is 0 Å². The first-order chi connectivity index (χ1) is 10.3. The lowest BCUT2D eigenvalue weighted by Gasteiger charge is -2.12. The molecule has 1 N–H and O–H groups in total. The molecule has 0 bridgehead atoms. The quantitative estimate of drug-likeness (QED) is 0.799.